The Kier molecular flexibility index (Phi) is 6.64. The van der Waals surface area contributed by atoms with E-state index in [4.69, 9.17) is 11.6 Å². The van der Waals surface area contributed by atoms with E-state index in [1.54, 1.807) is 6.07 Å². The number of sulfone groups is 1. The highest BCUT2D eigenvalue weighted by molar-refractivity contribution is 7.99. The van der Waals surface area contributed by atoms with Crippen molar-refractivity contribution in [2.75, 3.05) is 17.3 Å². The molecule has 1 N–H and O–H groups in total. The van der Waals surface area contributed by atoms with Gasteiger partial charge in [-0.25, -0.2) is 8.42 Å². The number of hydrogen-bond donors (Lipinski definition) is 1. The van der Waals surface area contributed by atoms with Crippen LogP contribution in [0.1, 0.15) is 12.0 Å². The maximum absolute atomic E-state index is 12.4. The third-order valence-corrected chi connectivity index (χ3v) is 8.01. The average Bonchev–Trinajstić information content (AvgIpc) is 3.30. The summed E-state index contributed by atoms with van der Waals surface area (Å²) in [4.78, 5) is 12.4. The number of hydrogen-bond acceptors (Lipinski definition) is 6. The predicted octanol–water partition coefficient (Wildman–Crippen LogP) is 3.04. The monoisotopic (exact) mass is 476 g/mol. The first-order chi connectivity index (χ1) is 14.9. The molecule has 2 heterocycles. The lowest BCUT2D eigenvalue weighted by molar-refractivity contribution is -0.119. The van der Waals surface area contributed by atoms with Gasteiger partial charge >= 0.3 is 0 Å². The molecule has 1 unspecified atom stereocenters. The van der Waals surface area contributed by atoms with Crippen LogP contribution < -0.4 is 5.32 Å². The Morgan fingerprint density at radius 2 is 1.87 bits per heavy atom. The standard InChI is InChI=1S/C21H21ClN4O3S2/c22-18-9-5-4-8-17(18)20-24-25-21(26(20)12-15-6-2-1-3-7-15)30-13-19(27)23-16-10-11-31(28,29)14-16/h1-9,16H,10-14H2,(H,23,27). The second-order valence-electron chi connectivity index (χ2n) is 7.31. The molecule has 1 fully saturated rings. The third kappa shape index (κ3) is 5.47. The fourth-order valence-electron chi connectivity index (χ4n) is 3.45. The number of amides is 1. The van der Waals surface area contributed by atoms with Crippen molar-refractivity contribution in [1.29, 1.82) is 0 Å². The van der Waals surface area contributed by atoms with E-state index in [9.17, 15) is 13.2 Å². The van der Waals surface area contributed by atoms with Gasteiger partial charge in [0.05, 0.1) is 28.8 Å². The Morgan fingerprint density at radius 1 is 1.13 bits per heavy atom. The number of carbonyl (C=O) groups excluding carboxylic acids is 1. The molecule has 1 aromatic heterocycles. The first-order valence-electron chi connectivity index (χ1n) is 9.76. The van der Waals surface area contributed by atoms with Crippen molar-refractivity contribution in [3.63, 3.8) is 0 Å². The number of rotatable bonds is 7. The van der Waals surface area contributed by atoms with Gasteiger partial charge in [-0.1, -0.05) is 65.8 Å². The van der Waals surface area contributed by atoms with Crippen molar-refractivity contribution >= 4 is 39.1 Å². The molecule has 1 amide bonds. The fraction of sp³-hybridized carbons (Fsp3) is 0.286. The minimum atomic E-state index is -3.04. The lowest BCUT2D eigenvalue weighted by atomic mass is 10.2. The molecule has 2 aromatic carbocycles. The number of carbonyl (C=O) groups is 1. The highest BCUT2D eigenvalue weighted by Crippen LogP contribution is 2.30. The van der Waals surface area contributed by atoms with Crippen LogP contribution in [-0.2, 0) is 21.2 Å². The molecule has 0 aliphatic carbocycles. The van der Waals surface area contributed by atoms with Gasteiger partial charge in [-0.15, -0.1) is 10.2 Å². The van der Waals surface area contributed by atoms with Gasteiger partial charge in [0, 0.05) is 11.6 Å². The fourth-order valence-corrected chi connectivity index (χ4v) is 6.10. The van der Waals surface area contributed by atoms with Gasteiger partial charge in [0.1, 0.15) is 0 Å². The highest BCUT2D eigenvalue weighted by Gasteiger charge is 2.29. The molecule has 0 bridgehead atoms. The molecule has 0 radical (unpaired) electrons. The summed E-state index contributed by atoms with van der Waals surface area (Å²) in [7, 11) is -3.04. The zero-order valence-corrected chi connectivity index (χ0v) is 19.0. The Morgan fingerprint density at radius 3 is 2.58 bits per heavy atom. The third-order valence-electron chi connectivity index (χ3n) is 4.95. The van der Waals surface area contributed by atoms with Gasteiger partial charge in [0.25, 0.3) is 0 Å². The van der Waals surface area contributed by atoms with Crippen molar-refractivity contribution in [3.8, 4) is 11.4 Å². The van der Waals surface area contributed by atoms with Crippen LogP contribution in [-0.4, -0.2) is 52.4 Å². The van der Waals surface area contributed by atoms with Crippen LogP contribution in [0, 0.1) is 0 Å². The molecule has 1 saturated heterocycles. The largest absolute Gasteiger partial charge is 0.352 e. The van der Waals surface area contributed by atoms with Gasteiger partial charge in [-0.3, -0.25) is 9.36 Å². The summed E-state index contributed by atoms with van der Waals surface area (Å²) >= 11 is 7.65. The smallest absolute Gasteiger partial charge is 0.230 e. The van der Waals surface area contributed by atoms with E-state index in [1.165, 1.54) is 11.8 Å². The van der Waals surface area contributed by atoms with Crippen molar-refractivity contribution in [3.05, 3.63) is 65.2 Å². The number of aromatic nitrogens is 3. The minimum absolute atomic E-state index is 0.00422. The van der Waals surface area contributed by atoms with E-state index in [0.717, 1.165) is 11.1 Å². The normalized spacial score (nSPS) is 17.5. The van der Waals surface area contributed by atoms with E-state index in [0.29, 0.717) is 29.0 Å². The Hall–Kier alpha value is -2.36. The molecule has 7 nitrogen and oxygen atoms in total. The van der Waals surface area contributed by atoms with Gasteiger partial charge in [-0.05, 0) is 24.1 Å². The van der Waals surface area contributed by atoms with E-state index in [2.05, 4.69) is 15.5 Å². The Balaban J connectivity index is 1.53. The van der Waals surface area contributed by atoms with Crippen LogP contribution in [0.2, 0.25) is 5.02 Å². The molecular weight excluding hydrogens is 456 g/mol. The van der Waals surface area contributed by atoms with Crippen molar-refractivity contribution in [2.24, 2.45) is 0 Å². The molecule has 10 heteroatoms. The Labute approximate surface area is 190 Å². The van der Waals surface area contributed by atoms with Crippen LogP contribution in [0.3, 0.4) is 0 Å². The van der Waals surface area contributed by atoms with Crippen LogP contribution in [0.5, 0.6) is 0 Å². The summed E-state index contributed by atoms with van der Waals surface area (Å²) < 4.78 is 25.1. The topological polar surface area (TPSA) is 93.9 Å². The quantitative estimate of drug-likeness (QED) is 0.527. The second kappa shape index (κ2) is 9.42. The molecule has 3 aromatic rings. The second-order valence-corrected chi connectivity index (χ2v) is 10.9. The van der Waals surface area contributed by atoms with Crippen molar-refractivity contribution in [2.45, 2.75) is 24.2 Å². The molecule has 162 valence electrons. The van der Waals surface area contributed by atoms with Crippen molar-refractivity contribution in [1.82, 2.24) is 20.1 Å². The predicted molar refractivity (Wildman–Crippen MR) is 122 cm³/mol. The summed E-state index contributed by atoms with van der Waals surface area (Å²) in [6.45, 7) is 0.527. The molecular formula is C21H21ClN4O3S2. The van der Waals surface area contributed by atoms with E-state index in [1.807, 2.05) is 53.1 Å². The summed E-state index contributed by atoms with van der Waals surface area (Å²) in [5, 5.41) is 12.6. The van der Waals surface area contributed by atoms with E-state index in [-0.39, 0.29) is 29.2 Å². The van der Waals surface area contributed by atoms with Crippen LogP contribution in [0.4, 0.5) is 0 Å². The van der Waals surface area contributed by atoms with Gasteiger partial charge < -0.3 is 5.32 Å². The Bertz CT molecular complexity index is 1180. The number of nitrogens with zero attached hydrogens (tertiary/aromatic N) is 3. The molecule has 1 aliphatic rings. The zero-order chi connectivity index (χ0) is 21.8. The van der Waals surface area contributed by atoms with Gasteiger partial charge in [-0.2, -0.15) is 0 Å². The molecule has 0 saturated carbocycles. The van der Waals surface area contributed by atoms with E-state index < -0.39 is 9.84 Å². The summed E-state index contributed by atoms with van der Waals surface area (Å²) in [6, 6.07) is 17.0. The SMILES string of the molecule is O=C(CSc1nnc(-c2ccccc2Cl)n1Cc1ccccc1)NC1CCS(=O)(=O)C1. The maximum Gasteiger partial charge on any atom is 0.230 e. The number of halogens is 1. The molecule has 31 heavy (non-hydrogen) atoms. The van der Waals surface area contributed by atoms with Gasteiger partial charge in [0.15, 0.2) is 20.8 Å². The van der Waals surface area contributed by atoms with Crippen molar-refractivity contribution < 1.29 is 13.2 Å². The molecule has 1 atom stereocenters. The van der Waals surface area contributed by atoms with Crippen LogP contribution in [0.25, 0.3) is 11.4 Å². The first kappa shape index (κ1) is 21.9. The zero-order valence-electron chi connectivity index (χ0n) is 16.6. The number of nitrogens with one attached hydrogen (secondary N) is 1. The lowest BCUT2D eigenvalue weighted by Gasteiger charge is -2.12. The highest BCUT2D eigenvalue weighted by atomic mass is 35.5. The summed E-state index contributed by atoms with van der Waals surface area (Å²) in [5.74, 6) is 0.647. The summed E-state index contributed by atoms with van der Waals surface area (Å²) in [6.07, 6.45) is 0.458. The van der Waals surface area contributed by atoms with Crippen LogP contribution in [0.15, 0.2) is 59.8 Å². The number of thioether (sulfide) groups is 1. The average molecular weight is 477 g/mol. The maximum atomic E-state index is 12.4. The summed E-state index contributed by atoms with van der Waals surface area (Å²) in [5.41, 5.74) is 1.83. The lowest BCUT2D eigenvalue weighted by Crippen LogP contribution is -2.36. The minimum Gasteiger partial charge on any atom is -0.352 e. The van der Waals surface area contributed by atoms with Gasteiger partial charge in [0.2, 0.25) is 5.91 Å². The molecule has 4 rings (SSSR count). The van der Waals surface area contributed by atoms with Crippen LogP contribution >= 0.6 is 23.4 Å². The van der Waals surface area contributed by atoms with E-state index >= 15 is 0 Å². The first-order valence-corrected chi connectivity index (χ1v) is 12.9. The molecule has 0 spiro atoms. The number of benzene rings is 2. The molecule has 1 aliphatic heterocycles.